The number of unbranched alkanes of at least 4 members (excludes halogenated alkanes) is 6. The summed E-state index contributed by atoms with van der Waals surface area (Å²) in [6, 6.07) is 7.58. The Labute approximate surface area is 127 Å². The predicted octanol–water partition coefficient (Wildman–Crippen LogP) is 4.78. The van der Waals surface area contributed by atoms with Gasteiger partial charge in [-0.25, -0.2) is 0 Å². The molecule has 1 rings (SSSR count). The summed E-state index contributed by atoms with van der Waals surface area (Å²) in [5.41, 5.74) is 1.57. The molecule has 0 atom stereocenters. The molecule has 0 heterocycles. The zero-order chi connectivity index (χ0) is 15.5. The third-order valence-electron chi connectivity index (χ3n) is 3.49. The van der Waals surface area contributed by atoms with Crippen LogP contribution in [0.4, 0.5) is 0 Å². The predicted molar refractivity (Wildman–Crippen MR) is 84.2 cm³/mol. The summed E-state index contributed by atoms with van der Waals surface area (Å²) in [6.07, 6.45) is 9.92. The first-order valence-corrected chi connectivity index (χ1v) is 7.88. The lowest BCUT2D eigenvalue weighted by atomic mass is 10.0. The van der Waals surface area contributed by atoms with Crippen LogP contribution in [0.3, 0.4) is 0 Å². The molecule has 1 aromatic carbocycles. The highest BCUT2D eigenvalue weighted by Crippen LogP contribution is 2.21. The van der Waals surface area contributed by atoms with Crippen molar-refractivity contribution in [3.05, 3.63) is 29.3 Å². The smallest absolute Gasteiger partial charge is 0.308 e. The Morgan fingerprint density at radius 1 is 1.14 bits per heavy atom. The monoisotopic (exact) mass is 287 g/mol. The second kappa shape index (κ2) is 9.99. The first-order chi connectivity index (χ1) is 10.2. The Morgan fingerprint density at radius 2 is 1.81 bits per heavy atom. The number of ether oxygens (including phenoxy) is 1. The minimum Gasteiger partial charge on any atom is -0.425 e. The van der Waals surface area contributed by atoms with E-state index in [9.17, 15) is 4.79 Å². The number of carbonyl (C=O) groups excluding carboxylic acids is 1. The number of hydrogen-bond donors (Lipinski definition) is 0. The summed E-state index contributed by atoms with van der Waals surface area (Å²) < 4.78 is 5.01. The molecule has 0 fully saturated rings. The number of rotatable bonds is 9. The van der Waals surface area contributed by atoms with E-state index in [-0.39, 0.29) is 0 Å². The number of nitrogens with zero attached hydrogens (tertiary/aromatic N) is 1. The van der Waals surface area contributed by atoms with Gasteiger partial charge in [0.05, 0.1) is 5.56 Å². The highest BCUT2D eigenvalue weighted by atomic mass is 16.5. The van der Waals surface area contributed by atoms with E-state index in [4.69, 9.17) is 10.00 Å². The van der Waals surface area contributed by atoms with Crippen molar-refractivity contribution in [2.45, 2.75) is 65.2 Å². The molecule has 114 valence electrons. The minimum absolute atomic E-state index is 0.355. The number of hydrogen-bond acceptors (Lipinski definition) is 3. The molecule has 0 aromatic heterocycles. The Bertz CT molecular complexity index is 488. The number of esters is 1. The van der Waals surface area contributed by atoms with Gasteiger partial charge in [0, 0.05) is 6.92 Å². The molecule has 3 nitrogen and oxygen atoms in total. The summed E-state index contributed by atoms with van der Waals surface area (Å²) in [5.74, 6) is -0.0420. The van der Waals surface area contributed by atoms with E-state index in [1.165, 1.54) is 45.4 Å². The SMILES string of the molecule is CCCCCCCCCc1ccc(OC(C)=O)c(C#N)c1. The molecular formula is C18H25NO2. The average molecular weight is 287 g/mol. The Kier molecular flexibility index (Phi) is 8.19. The largest absolute Gasteiger partial charge is 0.425 e. The molecule has 0 spiro atoms. The van der Waals surface area contributed by atoms with Gasteiger partial charge in [0.2, 0.25) is 0 Å². The van der Waals surface area contributed by atoms with E-state index in [0.29, 0.717) is 11.3 Å². The molecule has 0 radical (unpaired) electrons. The zero-order valence-corrected chi connectivity index (χ0v) is 13.2. The maximum absolute atomic E-state index is 11.0. The molecule has 0 N–H and O–H groups in total. The first-order valence-electron chi connectivity index (χ1n) is 7.88. The molecule has 0 saturated heterocycles. The molecule has 0 bridgehead atoms. The Hall–Kier alpha value is -1.82. The van der Waals surface area contributed by atoms with Crippen molar-refractivity contribution in [3.63, 3.8) is 0 Å². The molecule has 1 aromatic rings. The van der Waals surface area contributed by atoms with Crippen LogP contribution in [0.2, 0.25) is 0 Å². The number of carbonyl (C=O) groups is 1. The molecule has 0 aliphatic carbocycles. The molecule has 3 heteroatoms. The summed E-state index contributed by atoms with van der Waals surface area (Å²) in [6.45, 7) is 3.57. The van der Waals surface area contributed by atoms with Gasteiger partial charge in [-0.05, 0) is 30.5 Å². The first kappa shape index (κ1) is 17.2. The highest BCUT2D eigenvalue weighted by molar-refractivity contribution is 5.70. The second-order valence-corrected chi connectivity index (χ2v) is 5.41. The molecule has 0 aliphatic heterocycles. The summed E-state index contributed by atoms with van der Waals surface area (Å²) >= 11 is 0. The van der Waals surface area contributed by atoms with Crippen molar-refractivity contribution >= 4 is 5.97 Å². The highest BCUT2D eigenvalue weighted by Gasteiger charge is 2.07. The van der Waals surface area contributed by atoms with Crippen molar-refractivity contribution in [3.8, 4) is 11.8 Å². The average Bonchev–Trinajstić information content (AvgIpc) is 2.47. The van der Waals surface area contributed by atoms with Crippen LogP contribution in [-0.4, -0.2) is 5.97 Å². The number of nitriles is 1. The lowest BCUT2D eigenvalue weighted by Crippen LogP contribution is -2.03. The van der Waals surface area contributed by atoms with E-state index in [1.54, 1.807) is 6.07 Å². The van der Waals surface area contributed by atoms with Gasteiger partial charge in [0.25, 0.3) is 0 Å². The fourth-order valence-electron chi connectivity index (χ4n) is 2.35. The lowest BCUT2D eigenvalue weighted by molar-refractivity contribution is -0.131. The molecule has 21 heavy (non-hydrogen) atoms. The fourth-order valence-corrected chi connectivity index (χ4v) is 2.35. The molecule has 0 unspecified atom stereocenters. The van der Waals surface area contributed by atoms with Gasteiger partial charge >= 0.3 is 5.97 Å². The van der Waals surface area contributed by atoms with Gasteiger partial charge in [0.15, 0.2) is 0 Å². The summed E-state index contributed by atoms with van der Waals surface area (Å²) in [4.78, 5) is 11.0. The van der Waals surface area contributed by atoms with Gasteiger partial charge in [-0.15, -0.1) is 0 Å². The van der Waals surface area contributed by atoms with Crippen LogP contribution in [0.15, 0.2) is 18.2 Å². The maximum Gasteiger partial charge on any atom is 0.308 e. The standard InChI is InChI=1S/C18H25NO2/c1-3-4-5-6-7-8-9-10-16-11-12-18(21-15(2)20)17(13-16)14-19/h11-13H,3-10H2,1-2H3. The third-order valence-corrected chi connectivity index (χ3v) is 3.49. The third kappa shape index (κ3) is 6.94. The summed E-state index contributed by atoms with van der Waals surface area (Å²) in [5, 5.41) is 9.11. The zero-order valence-electron chi connectivity index (χ0n) is 13.2. The molecule has 0 saturated carbocycles. The van der Waals surface area contributed by atoms with Gasteiger partial charge in [0.1, 0.15) is 11.8 Å². The van der Waals surface area contributed by atoms with Crippen LogP contribution in [0.25, 0.3) is 0 Å². The van der Waals surface area contributed by atoms with Crippen LogP contribution in [-0.2, 0) is 11.2 Å². The molecule has 0 amide bonds. The van der Waals surface area contributed by atoms with Crippen molar-refractivity contribution in [1.29, 1.82) is 5.26 Å². The van der Waals surface area contributed by atoms with Crippen LogP contribution >= 0.6 is 0 Å². The van der Waals surface area contributed by atoms with Crippen LogP contribution in [0.5, 0.6) is 5.75 Å². The Morgan fingerprint density at radius 3 is 2.43 bits per heavy atom. The molecule has 0 aliphatic rings. The fraction of sp³-hybridized carbons (Fsp3) is 0.556. The van der Waals surface area contributed by atoms with E-state index in [1.807, 2.05) is 12.1 Å². The second-order valence-electron chi connectivity index (χ2n) is 5.41. The van der Waals surface area contributed by atoms with Crippen molar-refractivity contribution in [1.82, 2.24) is 0 Å². The summed E-state index contributed by atoms with van der Waals surface area (Å²) in [7, 11) is 0. The van der Waals surface area contributed by atoms with Gasteiger partial charge in [-0.2, -0.15) is 5.26 Å². The number of aryl methyl sites for hydroxylation is 1. The van der Waals surface area contributed by atoms with E-state index < -0.39 is 5.97 Å². The Balaban J connectivity index is 2.39. The van der Waals surface area contributed by atoms with E-state index in [2.05, 4.69) is 13.0 Å². The maximum atomic E-state index is 11.0. The van der Waals surface area contributed by atoms with Crippen LogP contribution < -0.4 is 4.74 Å². The number of benzene rings is 1. The van der Waals surface area contributed by atoms with Crippen molar-refractivity contribution < 1.29 is 9.53 Å². The van der Waals surface area contributed by atoms with Crippen LogP contribution in [0.1, 0.15) is 69.9 Å². The van der Waals surface area contributed by atoms with Gasteiger partial charge < -0.3 is 4.74 Å². The van der Waals surface area contributed by atoms with Crippen molar-refractivity contribution in [2.24, 2.45) is 0 Å². The normalized spacial score (nSPS) is 10.1. The van der Waals surface area contributed by atoms with Crippen LogP contribution in [0, 0.1) is 11.3 Å². The molecular weight excluding hydrogens is 262 g/mol. The van der Waals surface area contributed by atoms with E-state index in [0.717, 1.165) is 18.4 Å². The minimum atomic E-state index is -0.397. The lowest BCUT2D eigenvalue weighted by Gasteiger charge is -2.07. The van der Waals surface area contributed by atoms with Gasteiger partial charge in [-0.3, -0.25) is 4.79 Å². The topological polar surface area (TPSA) is 50.1 Å². The quantitative estimate of drug-likeness (QED) is 0.373. The van der Waals surface area contributed by atoms with Gasteiger partial charge in [-0.1, -0.05) is 51.5 Å². The van der Waals surface area contributed by atoms with Crippen molar-refractivity contribution in [2.75, 3.05) is 0 Å². The van der Waals surface area contributed by atoms with E-state index >= 15 is 0 Å².